The Bertz CT molecular complexity index is 736. The predicted octanol–water partition coefficient (Wildman–Crippen LogP) is 6.75. The van der Waals surface area contributed by atoms with Crippen molar-refractivity contribution >= 4 is 65.6 Å². The Kier molecular flexibility index (Phi) is 3.99. The van der Waals surface area contributed by atoms with E-state index in [0.717, 1.165) is 19.4 Å². The smallest absolute Gasteiger partial charge is 0.0945 e. The van der Waals surface area contributed by atoms with E-state index in [-0.39, 0.29) is 5.38 Å². The molecule has 1 atom stereocenters. The summed E-state index contributed by atoms with van der Waals surface area (Å²) in [6, 6.07) is 14.5. The van der Waals surface area contributed by atoms with Gasteiger partial charge in [-0.05, 0) is 49.8 Å². The Morgan fingerprint density at radius 1 is 0.895 bits per heavy atom. The molecule has 1 heterocycles. The average molecular weight is 417 g/mol. The first-order valence-corrected chi connectivity index (χ1v) is 8.63. The molecular formula is C15H9Br2ClS. The first-order chi connectivity index (χ1) is 9.18. The van der Waals surface area contributed by atoms with Gasteiger partial charge in [-0.3, -0.25) is 0 Å². The summed E-state index contributed by atoms with van der Waals surface area (Å²) in [6.45, 7) is 0. The van der Waals surface area contributed by atoms with Gasteiger partial charge in [-0.25, -0.2) is 0 Å². The Morgan fingerprint density at radius 3 is 2.32 bits per heavy atom. The Balaban J connectivity index is 2.21. The first kappa shape index (κ1) is 13.6. The fraction of sp³-hybridized carbons (Fsp3) is 0.0667. The van der Waals surface area contributed by atoms with Gasteiger partial charge in [0.25, 0.3) is 0 Å². The molecule has 0 saturated heterocycles. The number of hydrogen-bond acceptors (Lipinski definition) is 1. The maximum absolute atomic E-state index is 6.67. The lowest BCUT2D eigenvalue weighted by atomic mass is 10.0. The van der Waals surface area contributed by atoms with E-state index in [9.17, 15) is 0 Å². The van der Waals surface area contributed by atoms with Crippen molar-refractivity contribution < 1.29 is 0 Å². The van der Waals surface area contributed by atoms with E-state index in [1.807, 2.05) is 18.2 Å². The minimum atomic E-state index is -0.132. The molecule has 0 saturated carbocycles. The van der Waals surface area contributed by atoms with Crippen LogP contribution in [0.1, 0.15) is 15.8 Å². The molecule has 0 amide bonds. The second-order valence-electron chi connectivity index (χ2n) is 4.18. The standard InChI is InChI=1S/C15H9Br2ClS/c16-12-6-5-11(9-3-1-2-4-10(9)12)14(18)15-13(17)7-8-19-15/h1-8,14H. The van der Waals surface area contributed by atoms with Gasteiger partial charge >= 0.3 is 0 Å². The second-order valence-corrected chi connectivity index (χ2v) is 7.27. The van der Waals surface area contributed by atoms with Crippen LogP contribution in [0.2, 0.25) is 0 Å². The molecule has 1 unspecified atom stereocenters. The van der Waals surface area contributed by atoms with E-state index >= 15 is 0 Å². The predicted molar refractivity (Wildman–Crippen MR) is 91.4 cm³/mol. The van der Waals surface area contributed by atoms with Crippen LogP contribution >= 0.6 is 54.8 Å². The molecule has 19 heavy (non-hydrogen) atoms. The molecule has 0 bridgehead atoms. The van der Waals surface area contributed by atoms with Crippen LogP contribution in [0.3, 0.4) is 0 Å². The molecule has 0 fully saturated rings. The van der Waals surface area contributed by atoms with Gasteiger partial charge in [-0.15, -0.1) is 22.9 Å². The topological polar surface area (TPSA) is 0 Å². The van der Waals surface area contributed by atoms with Gasteiger partial charge in [-0.2, -0.15) is 0 Å². The average Bonchev–Trinajstić information content (AvgIpc) is 2.85. The molecule has 0 spiro atoms. The van der Waals surface area contributed by atoms with Gasteiger partial charge in [0.05, 0.1) is 5.38 Å². The number of hydrogen-bond donors (Lipinski definition) is 0. The summed E-state index contributed by atoms with van der Waals surface area (Å²) in [5.74, 6) is 0. The minimum absolute atomic E-state index is 0.132. The van der Waals surface area contributed by atoms with E-state index in [1.54, 1.807) is 11.3 Å². The van der Waals surface area contributed by atoms with Crippen LogP contribution in [-0.2, 0) is 0 Å². The highest BCUT2D eigenvalue weighted by Gasteiger charge is 2.18. The number of rotatable bonds is 2. The summed E-state index contributed by atoms with van der Waals surface area (Å²) in [5.41, 5.74) is 1.14. The summed E-state index contributed by atoms with van der Waals surface area (Å²) in [6.07, 6.45) is 0. The van der Waals surface area contributed by atoms with Crippen LogP contribution in [0.15, 0.2) is 56.8 Å². The Labute approximate surface area is 137 Å². The lowest BCUT2D eigenvalue weighted by Gasteiger charge is -2.13. The molecule has 0 N–H and O–H groups in total. The van der Waals surface area contributed by atoms with Crippen molar-refractivity contribution in [1.29, 1.82) is 0 Å². The van der Waals surface area contributed by atoms with Crippen molar-refractivity contribution in [1.82, 2.24) is 0 Å². The first-order valence-electron chi connectivity index (χ1n) is 5.72. The SMILES string of the molecule is ClC(c1sccc1Br)c1ccc(Br)c2ccccc12. The number of alkyl halides is 1. The largest absolute Gasteiger partial charge is 0.146 e. The summed E-state index contributed by atoms with van der Waals surface area (Å²) >= 11 is 15.5. The maximum Gasteiger partial charge on any atom is 0.0945 e. The molecule has 2 aromatic carbocycles. The van der Waals surface area contributed by atoms with E-state index in [1.165, 1.54) is 10.8 Å². The quantitative estimate of drug-likeness (QED) is 0.405. The number of benzene rings is 2. The number of halogens is 3. The molecule has 1 aromatic heterocycles. The molecule has 96 valence electrons. The number of thiophene rings is 1. The van der Waals surface area contributed by atoms with Crippen molar-refractivity contribution in [2.45, 2.75) is 5.38 Å². The van der Waals surface area contributed by atoms with Crippen LogP contribution in [0.5, 0.6) is 0 Å². The molecule has 4 heteroatoms. The van der Waals surface area contributed by atoms with E-state index in [2.05, 4.69) is 61.5 Å². The maximum atomic E-state index is 6.67. The summed E-state index contributed by atoms with van der Waals surface area (Å²) in [4.78, 5) is 1.15. The Morgan fingerprint density at radius 2 is 1.63 bits per heavy atom. The van der Waals surface area contributed by atoms with Gasteiger partial charge in [0.1, 0.15) is 0 Å². The lowest BCUT2D eigenvalue weighted by molar-refractivity contribution is 1.20. The fourth-order valence-electron chi connectivity index (χ4n) is 2.13. The third-order valence-corrected chi connectivity index (χ3v) is 6.26. The highest BCUT2D eigenvalue weighted by Crippen LogP contribution is 2.41. The second kappa shape index (κ2) is 5.57. The van der Waals surface area contributed by atoms with Crippen LogP contribution < -0.4 is 0 Å². The molecule has 0 aliphatic rings. The Hall–Kier alpha value is -0.350. The van der Waals surface area contributed by atoms with E-state index < -0.39 is 0 Å². The molecule has 0 nitrogen and oxygen atoms in total. The van der Waals surface area contributed by atoms with Gasteiger partial charge < -0.3 is 0 Å². The summed E-state index contributed by atoms with van der Waals surface area (Å²) in [5, 5.41) is 4.30. The molecule has 0 aliphatic carbocycles. The molecule has 3 aromatic rings. The van der Waals surface area contributed by atoms with Crippen molar-refractivity contribution in [2.24, 2.45) is 0 Å². The molecule has 0 aliphatic heterocycles. The highest BCUT2D eigenvalue weighted by atomic mass is 79.9. The fourth-order valence-corrected chi connectivity index (χ4v) is 4.80. The lowest BCUT2D eigenvalue weighted by Crippen LogP contribution is -1.93. The van der Waals surface area contributed by atoms with E-state index in [0.29, 0.717) is 0 Å². The van der Waals surface area contributed by atoms with Crippen LogP contribution in [0.4, 0.5) is 0 Å². The third-order valence-electron chi connectivity index (χ3n) is 3.05. The van der Waals surface area contributed by atoms with Crippen LogP contribution in [0.25, 0.3) is 10.8 Å². The van der Waals surface area contributed by atoms with Crippen molar-refractivity contribution in [3.05, 3.63) is 67.2 Å². The summed E-state index contributed by atoms with van der Waals surface area (Å²) < 4.78 is 2.17. The minimum Gasteiger partial charge on any atom is -0.146 e. The summed E-state index contributed by atoms with van der Waals surface area (Å²) in [7, 11) is 0. The third kappa shape index (κ3) is 2.49. The zero-order valence-electron chi connectivity index (χ0n) is 9.74. The van der Waals surface area contributed by atoms with Gasteiger partial charge in [0, 0.05) is 13.8 Å². The highest BCUT2D eigenvalue weighted by molar-refractivity contribution is 9.11. The van der Waals surface area contributed by atoms with Crippen molar-refractivity contribution in [2.75, 3.05) is 0 Å². The zero-order valence-corrected chi connectivity index (χ0v) is 14.5. The van der Waals surface area contributed by atoms with Crippen LogP contribution in [0, 0.1) is 0 Å². The van der Waals surface area contributed by atoms with Gasteiger partial charge in [-0.1, -0.05) is 46.3 Å². The monoisotopic (exact) mass is 414 g/mol. The molecular weight excluding hydrogens is 407 g/mol. The molecule has 0 radical (unpaired) electrons. The van der Waals surface area contributed by atoms with Crippen molar-refractivity contribution in [3.8, 4) is 0 Å². The normalized spacial score (nSPS) is 12.8. The van der Waals surface area contributed by atoms with Crippen LogP contribution in [-0.4, -0.2) is 0 Å². The van der Waals surface area contributed by atoms with Gasteiger partial charge in [0.15, 0.2) is 0 Å². The molecule has 3 rings (SSSR count). The number of fused-ring (bicyclic) bond motifs is 1. The van der Waals surface area contributed by atoms with Crippen molar-refractivity contribution in [3.63, 3.8) is 0 Å². The zero-order chi connectivity index (χ0) is 13.4. The van der Waals surface area contributed by atoms with E-state index in [4.69, 9.17) is 11.6 Å². The van der Waals surface area contributed by atoms with Gasteiger partial charge in [0.2, 0.25) is 0 Å².